The zero-order valence-corrected chi connectivity index (χ0v) is 17.1. The molecule has 0 saturated carbocycles. The molecule has 1 saturated heterocycles. The molecule has 28 heavy (non-hydrogen) atoms. The Labute approximate surface area is 170 Å². The highest BCUT2D eigenvalue weighted by Crippen LogP contribution is 2.22. The van der Waals surface area contributed by atoms with Gasteiger partial charge in [-0.3, -0.25) is 9.59 Å². The second kappa shape index (κ2) is 10.2. The Kier molecular flexibility index (Phi) is 7.37. The summed E-state index contributed by atoms with van der Waals surface area (Å²) in [5.74, 6) is 0.290. The van der Waals surface area contributed by atoms with Crippen LogP contribution < -0.4 is 15.5 Å². The minimum atomic E-state index is -0.103. The molecule has 0 spiro atoms. The number of hydrogen-bond donors (Lipinski definition) is 2. The highest BCUT2D eigenvalue weighted by Gasteiger charge is 2.11. The van der Waals surface area contributed by atoms with Crippen LogP contribution in [0.3, 0.4) is 0 Å². The predicted molar refractivity (Wildman–Crippen MR) is 118 cm³/mol. The molecule has 1 fully saturated rings. The molecule has 6 heteroatoms. The topological polar surface area (TPSA) is 61.4 Å². The number of anilines is 3. The number of carbonyl (C=O) groups is 2. The molecular weight excluding hydrogens is 370 g/mol. The first-order valence-electron chi connectivity index (χ1n) is 9.69. The van der Waals surface area contributed by atoms with Gasteiger partial charge in [-0.05, 0) is 68.1 Å². The lowest BCUT2D eigenvalue weighted by Gasteiger charge is -2.28. The zero-order valence-electron chi connectivity index (χ0n) is 16.2. The molecule has 1 aliphatic rings. The Bertz CT molecular complexity index is 802. The van der Waals surface area contributed by atoms with Gasteiger partial charge in [-0.15, -0.1) is 11.8 Å². The number of hydrogen-bond acceptors (Lipinski definition) is 4. The van der Waals surface area contributed by atoms with Crippen LogP contribution in [0.5, 0.6) is 0 Å². The molecule has 5 nitrogen and oxygen atoms in total. The number of aryl methyl sites for hydroxylation is 1. The average molecular weight is 398 g/mol. The Balaban J connectivity index is 1.38. The summed E-state index contributed by atoms with van der Waals surface area (Å²) in [5, 5.41) is 5.74. The van der Waals surface area contributed by atoms with E-state index >= 15 is 0 Å². The molecular formula is C22H27N3O2S. The maximum Gasteiger partial charge on any atom is 0.234 e. The van der Waals surface area contributed by atoms with Gasteiger partial charge in [0.15, 0.2) is 0 Å². The largest absolute Gasteiger partial charge is 0.372 e. The minimum Gasteiger partial charge on any atom is -0.372 e. The van der Waals surface area contributed by atoms with Crippen LogP contribution in [0.2, 0.25) is 0 Å². The summed E-state index contributed by atoms with van der Waals surface area (Å²) in [6.07, 6.45) is 3.80. The number of piperidine rings is 1. The number of carbonyl (C=O) groups excluding carboxylic acids is 2. The van der Waals surface area contributed by atoms with E-state index in [2.05, 4.69) is 27.7 Å². The van der Waals surface area contributed by atoms with Crippen LogP contribution in [0.15, 0.2) is 48.5 Å². The normalized spacial score (nSPS) is 13.8. The van der Waals surface area contributed by atoms with Crippen molar-refractivity contribution < 1.29 is 9.59 Å². The van der Waals surface area contributed by atoms with Crippen molar-refractivity contribution in [3.63, 3.8) is 0 Å². The van der Waals surface area contributed by atoms with Crippen LogP contribution >= 0.6 is 11.8 Å². The minimum absolute atomic E-state index is 0.0981. The quantitative estimate of drug-likeness (QED) is 0.731. The molecule has 2 N–H and O–H groups in total. The molecule has 0 radical (unpaired) electrons. The van der Waals surface area contributed by atoms with E-state index in [0.717, 1.165) is 30.0 Å². The van der Waals surface area contributed by atoms with Crippen LogP contribution in [0, 0.1) is 6.92 Å². The van der Waals surface area contributed by atoms with Crippen molar-refractivity contribution in [1.29, 1.82) is 0 Å². The first kappa shape index (κ1) is 20.3. The summed E-state index contributed by atoms with van der Waals surface area (Å²) in [6, 6.07) is 15.7. The summed E-state index contributed by atoms with van der Waals surface area (Å²) >= 11 is 1.31. The van der Waals surface area contributed by atoms with E-state index < -0.39 is 0 Å². The molecule has 0 atom stereocenters. The number of amides is 2. The van der Waals surface area contributed by atoms with Gasteiger partial charge < -0.3 is 15.5 Å². The molecule has 1 aliphatic heterocycles. The Morgan fingerprint density at radius 1 is 0.893 bits per heavy atom. The molecule has 0 bridgehead atoms. The summed E-state index contributed by atoms with van der Waals surface area (Å²) in [5.41, 5.74) is 3.87. The van der Waals surface area contributed by atoms with E-state index in [0.29, 0.717) is 0 Å². The molecule has 2 aromatic carbocycles. The fourth-order valence-corrected chi connectivity index (χ4v) is 3.88. The van der Waals surface area contributed by atoms with Crippen LogP contribution in [0.25, 0.3) is 0 Å². The standard InChI is InChI=1S/C22H27N3O2S/c1-17-6-5-7-19(14-17)24-22(27)16-28-15-21(26)23-18-8-10-20(11-9-18)25-12-3-2-4-13-25/h5-11,14H,2-4,12-13,15-16H2,1H3,(H,23,26)(H,24,27). The fraction of sp³-hybridized carbons (Fsp3) is 0.364. The van der Waals surface area contributed by atoms with Crippen LogP contribution in [0.1, 0.15) is 24.8 Å². The lowest BCUT2D eigenvalue weighted by atomic mass is 10.1. The highest BCUT2D eigenvalue weighted by molar-refractivity contribution is 8.00. The summed E-state index contributed by atoms with van der Waals surface area (Å²) in [4.78, 5) is 26.5. The first-order chi connectivity index (χ1) is 13.6. The van der Waals surface area contributed by atoms with E-state index in [-0.39, 0.29) is 23.3 Å². The van der Waals surface area contributed by atoms with Crippen LogP contribution in [-0.2, 0) is 9.59 Å². The number of benzene rings is 2. The molecule has 3 rings (SSSR count). The maximum absolute atomic E-state index is 12.1. The van der Waals surface area contributed by atoms with Gasteiger partial charge in [-0.1, -0.05) is 12.1 Å². The molecule has 0 aliphatic carbocycles. The van der Waals surface area contributed by atoms with Gasteiger partial charge in [-0.25, -0.2) is 0 Å². The van der Waals surface area contributed by atoms with Gasteiger partial charge in [0.1, 0.15) is 0 Å². The molecule has 1 heterocycles. The lowest BCUT2D eigenvalue weighted by molar-refractivity contribution is -0.114. The second-order valence-electron chi connectivity index (χ2n) is 7.05. The number of rotatable bonds is 7. The van der Waals surface area contributed by atoms with Crippen molar-refractivity contribution in [3.05, 3.63) is 54.1 Å². The first-order valence-corrected chi connectivity index (χ1v) is 10.8. The molecule has 0 aromatic heterocycles. The highest BCUT2D eigenvalue weighted by atomic mass is 32.2. The third-order valence-electron chi connectivity index (χ3n) is 4.64. The van der Waals surface area contributed by atoms with Crippen molar-refractivity contribution in [2.45, 2.75) is 26.2 Å². The van der Waals surface area contributed by atoms with Gasteiger partial charge in [0, 0.05) is 30.2 Å². The van der Waals surface area contributed by atoms with E-state index in [4.69, 9.17) is 0 Å². The number of thioether (sulfide) groups is 1. The summed E-state index contributed by atoms with van der Waals surface area (Å²) in [6.45, 7) is 4.19. The molecule has 2 amide bonds. The van der Waals surface area contributed by atoms with Crippen molar-refractivity contribution in [2.75, 3.05) is 40.1 Å². The van der Waals surface area contributed by atoms with Crippen molar-refractivity contribution in [3.8, 4) is 0 Å². The Morgan fingerprint density at radius 2 is 1.54 bits per heavy atom. The predicted octanol–water partition coefficient (Wildman–Crippen LogP) is 4.30. The van der Waals surface area contributed by atoms with E-state index in [1.165, 1.54) is 36.7 Å². The molecule has 2 aromatic rings. The third-order valence-corrected chi connectivity index (χ3v) is 5.57. The zero-order chi connectivity index (χ0) is 19.8. The Hall–Kier alpha value is -2.47. The average Bonchev–Trinajstić information content (AvgIpc) is 2.69. The maximum atomic E-state index is 12.1. The molecule has 148 valence electrons. The van der Waals surface area contributed by atoms with Crippen molar-refractivity contribution >= 4 is 40.6 Å². The van der Waals surface area contributed by atoms with Crippen molar-refractivity contribution in [2.24, 2.45) is 0 Å². The number of nitrogens with one attached hydrogen (secondary N) is 2. The summed E-state index contributed by atoms with van der Waals surface area (Å²) < 4.78 is 0. The lowest BCUT2D eigenvalue weighted by Crippen LogP contribution is -2.29. The molecule has 0 unspecified atom stereocenters. The smallest absolute Gasteiger partial charge is 0.234 e. The Morgan fingerprint density at radius 3 is 2.18 bits per heavy atom. The van der Waals surface area contributed by atoms with Gasteiger partial charge in [0.05, 0.1) is 11.5 Å². The second-order valence-corrected chi connectivity index (χ2v) is 8.04. The van der Waals surface area contributed by atoms with Crippen molar-refractivity contribution in [1.82, 2.24) is 0 Å². The van der Waals surface area contributed by atoms with E-state index in [1.807, 2.05) is 43.3 Å². The fourth-order valence-electron chi connectivity index (χ4n) is 3.26. The monoisotopic (exact) mass is 397 g/mol. The van der Waals surface area contributed by atoms with Gasteiger partial charge >= 0.3 is 0 Å². The van der Waals surface area contributed by atoms with Crippen LogP contribution in [0.4, 0.5) is 17.1 Å². The summed E-state index contributed by atoms with van der Waals surface area (Å²) in [7, 11) is 0. The van der Waals surface area contributed by atoms with Gasteiger partial charge in [0.25, 0.3) is 0 Å². The van der Waals surface area contributed by atoms with Gasteiger partial charge in [-0.2, -0.15) is 0 Å². The van der Waals surface area contributed by atoms with E-state index in [1.54, 1.807) is 0 Å². The third kappa shape index (κ3) is 6.30. The van der Waals surface area contributed by atoms with Gasteiger partial charge in [0.2, 0.25) is 11.8 Å². The van der Waals surface area contributed by atoms with Crippen LogP contribution in [-0.4, -0.2) is 36.4 Å². The number of nitrogens with zero attached hydrogens (tertiary/aromatic N) is 1. The SMILES string of the molecule is Cc1cccc(NC(=O)CSCC(=O)Nc2ccc(N3CCCCC3)cc2)c1. The van der Waals surface area contributed by atoms with E-state index in [9.17, 15) is 9.59 Å².